The predicted molar refractivity (Wildman–Crippen MR) is 113 cm³/mol. The van der Waals surface area contributed by atoms with Gasteiger partial charge in [-0.15, -0.1) is 11.8 Å². The monoisotopic (exact) mass is 499 g/mol. The molecule has 0 radical (unpaired) electrons. The first-order valence-electron chi connectivity index (χ1n) is 10.0. The van der Waals surface area contributed by atoms with Crippen LogP contribution in [0.15, 0.2) is 53.4 Å². The Kier molecular flexibility index (Phi) is 9.30. The van der Waals surface area contributed by atoms with E-state index >= 15 is 0 Å². The van der Waals surface area contributed by atoms with E-state index in [0.717, 1.165) is 23.4 Å². The largest absolute Gasteiger partial charge is 0.461 e. The van der Waals surface area contributed by atoms with Crippen LogP contribution in [0.2, 0.25) is 0 Å². The Morgan fingerprint density at radius 3 is 2.30 bits per heavy atom. The van der Waals surface area contributed by atoms with E-state index in [-0.39, 0.29) is 17.4 Å². The minimum absolute atomic E-state index is 0.220. The number of nitrogens with zero attached hydrogens (tertiary/aromatic N) is 1. The van der Waals surface area contributed by atoms with Crippen LogP contribution in [0.25, 0.3) is 0 Å². The molecule has 0 aliphatic heterocycles. The van der Waals surface area contributed by atoms with Crippen LogP contribution in [0, 0.1) is 0 Å². The van der Waals surface area contributed by atoms with Crippen LogP contribution in [0.5, 0.6) is 5.75 Å². The molecule has 11 heteroatoms. The molecule has 2 atom stereocenters. The molecule has 2 unspecified atom stereocenters. The number of anilines is 1. The molecule has 0 aliphatic rings. The van der Waals surface area contributed by atoms with Gasteiger partial charge in [0, 0.05) is 22.4 Å². The molecule has 2 aromatic carbocycles. The summed E-state index contributed by atoms with van der Waals surface area (Å²) in [5, 5.41) is 9.90. The number of hydrogen-bond acceptors (Lipinski definition) is 4. The summed E-state index contributed by atoms with van der Waals surface area (Å²) in [5.41, 5.74) is 0.600. The van der Waals surface area contributed by atoms with Crippen molar-refractivity contribution in [2.24, 2.45) is 0 Å². The van der Waals surface area contributed by atoms with E-state index < -0.39 is 37.1 Å². The van der Waals surface area contributed by atoms with Crippen molar-refractivity contribution < 1.29 is 40.6 Å². The second kappa shape index (κ2) is 11.3. The summed E-state index contributed by atoms with van der Waals surface area (Å²) < 4.78 is 94.5. The van der Waals surface area contributed by atoms with Gasteiger partial charge in [-0.25, -0.2) is 0 Å². The van der Waals surface area contributed by atoms with Crippen molar-refractivity contribution in [3.05, 3.63) is 54.1 Å². The lowest BCUT2D eigenvalue weighted by Crippen LogP contribution is -2.41. The molecule has 3 nitrogen and oxygen atoms in total. The van der Waals surface area contributed by atoms with Crippen LogP contribution < -0.4 is 9.64 Å². The summed E-state index contributed by atoms with van der Waals surface area (Å²) in [6.07, 6.45) is -15.4. The molecule has 0 aliphatic carbocycles. The fourth-order valence-electron chi connectivity index (χ4n) is 2.77. The van der Waals surface area contributed by atoms with E-state index in [4.69, 9.17) is 0 Å². The average Bonchev–Trinajstić information content (AvgIpc) is 2.72. The molecule has 1 N–H and O–H groups in total. The van der Waals surface area contributed by atoms with E-state index in [1.54, 1.807) is 24.3 Å². The predicted octanol–water partition coefficient (Wildman–Crippen LogP) is 6.74. The lowest BCUT2D eigenvalue weighted by atomic mass is 10.1. The third-order valence-corrected chi connectivity index (χ3v) is 5.91. The molecule has 0 bridgehead atoms. The van der Waals surface area contributed by atoms with Gasteiger partial charge in [-0.3, -0.25) is 0 Å². The Balaban J connectivity index is 2.32. The van der Waals surface area contributed by atoms with Crippen molar-refractivity contribution in [2.45, 2.75) is 61.8 Å². The molecular formula is C22H24F7NO2S. The first-order chi connectivity index (χ1) is 15.3. The van der Waals surface area contributed by atoms with Gasteiger partial charge in [0.15, 0.2) is 6.10 Å². The summed E-state index contributed by atoms with van der Waals surface area (Å²) in [5.74, 6) is -0.560. The smallest absolute Gasteiger partial charge is 0.428 e. The van der Waals surface area contributed by atoms with Crippen LogP contribution in [-0.2, 0) is 6.54 Å². The summed E-state index contributed by atoms with van der Waals surface area (Å²) >= 11 is 1.53. The van der Waals surface area contributed by atoms with Gasteiger partial charge in [0.2, 0.25) is 0 Å². The molecule has 2 rings (SSSR count). The minimum atomic E-state index is -4.87. The SMILES string of the molecule is CCC(C)Sc1cccc(N(Cc2cccc(OC(F)(F)C(F)F)c2)CC(O)C(F)(F)F)c1. The second-order valence-corrected chi connectivity index (χ2v) is 8.90. The first kappa shape index (κ1) is 27.1. The minimum Gasteiger partial charge on any atom is -0.428 e. The molecule has 0 amide bonds. The van der Waals surface area contributed by atoms with Gasteiger partial charge in [0.05, 0.1) is 6.54 Å². The van der Waals surface area contributed by atoms with E-state index in [0.29, 0.717) is 5.69 Å². The van der Waals surface area contributed by atoms with Crippen LogP contribution in [0.3, 0.4) is 0 Å². The van der Waals surface area contributed by atoms with E-state index in [1.807, 2.05) is 13.8 Å². The average molecular weight is 499 g/mol. The van der Waals surface area contributed by atoms with Crippen LogP contribution in [0.4, 0.5) is 36.4 Å². The molecule has 33 heavy (non-hydrogen) atoms. The molecule has 0 saturated carbocycles. The number of hydrogen-bond donors (Lipinski definition) is 1. The summed E-state index contributed by atoms with van der Waals surface area (Å²) in [4.78, 5) is 2.05. The van der Waals surface area contributed by atoms with Crippen molar-refractivity contribution in [1.82, 2.24) is 0 Å². The maximum absolute atomic E-state index is 13.2. The summed E-state index contributed by atoms with van der Waals surface area (Å²) in [7, 11) is 0. The van der Waals surface area contributed by atoms with Crippen molar-refractivity contribution in [1.29, 1.82) is 0 Å². The molecule has 0 saturated heterocycles. The van der Waals surface area contributed by atoms with Gasteiger partial charge in [-0.1, -0.05) is 32.0 Å². The Bertz CT molecular complexity index is 895. The zero-order valence-corrected chi connectivity index (χ0v) is 18.6. The number of benzene rings is 2. The van der Waals surface area contributed by atoms with E-state index in [1.165, 1.54) is 28.8 Å². The molecule has 2 aromatic rings. The van der Waals surface area contributed by atoms with Crippen LogP contribution in [0.1, 0.15) is 25.8 Å². The summed E-state index contributed by atoms with van der Waals surface area (Å²) in [6, 6.07) is 11.5. The maximum atomic E-state index is 13.2. The second-order valence-electron chi connectivity index (χ2n) is 7.38. The highest BCUT2D eigenvalue weighted by Gasteiger charge is 2.44. The number of halogens is 7. The van der Waals surface area contributed by atoms with Crippen LogP contribution >= 0.6 is 11.8 Å². The zero-order chi connectivity index (χ0) is 24.8. The third kappa shape index (κ3) is 8.29. The van der Waals surface area contributed by atoms with E-state index in [2.05, 4.69) is 4.74 Å². The Labute approximate surface area is 191 Å². The van der Waals surface area contributed by atoms with Crippen molar-refractivity contribution >= 4 is 17.4 Å². The first-order valence-corrected chi connectivity index (χ1v) is 10.9. The number of rotatable bonds is 11. The topological polar surface area (TPSA) is 32.7 Å². The normalized spacial score (nSPS) is 14.3. The standard InChI is InChI=1S/C22H24F7NO2S/c1-3-14(2)33-18-9-5-7-16(11-18)30(13-19(31)21(25,26)27)12-15-6-4-8-17(10-15)32-22(28,29)20(23)24/h4-11,14,19-20,31H,3,12-13H2,1-2H3. The lowest BCUT2D eigenvalue weighted by molar-refractivity contribution is -0.253. The molecule has 0 spiro atoms. The van der Waals surface area contributed by atoms with Gasteiger partial charge >= 0.3 is 18.7 Å². The number of alkyl halides is 7. The van der Waals surface area contributed by atoms with Gasteiger partial charge < -0.3 is 14.7 Å². The third-order valence-electron chi connectivity index (χ3n) is 4.65. The molecule has 0 fully saturated rings. The Hall–Kier alpha value is -2.14. The molecule has 184 valence electrons. The molecule has 0 aromatic heterocycles. The highest BCUT2D eigenvalue weighted by atomic mass is 32.2. The Morgan fingerprint density at radius 1 is 1.03 bits per heavy atom. The van der Waals surface area contributed by atoms with Crippen molar-refractivity contribution in [3.63, 3.8) is 0 Å². The fourth-order valence-corrected chi connectivity index (χ4v) is 3.75. The highest BCUT2D eigenvalue weighted by molar-refractivity contribution is 7.99. The van der Waals surface area contributed by atoms with E-state index in [9.17, 15) is 35.8 Å². The molecular weight excluding hydrogens is 475 g/mol. The maximum Gasteiger partial charge on any atom is 0.461 e. The zero-order valence-electron chi connectivity index (χ0n) is 17.8. The number of ether oxygens (including phenoxy) is 1. The fraction of sp³-hybridized carbons (Fsp3) is 0.455. The van der Waals surface area contributed by atoms with Crippen molar-refractivity contribution in [3.8, 4) is 5.75 Å². The highest BCUT2D eigenvalue weighted by Crippen LogP contribution is 2.32. The number of thioether (sulfide) groups is 1. The molecule has 0 heterocycles. The number of aliphatic hydroxyl groups excluding tert-OH is 1. The van der Waals surface area contributed by atoms with Gasteiger partial charge in [0.25, 0.3) is 0 Å². The quantitative estimate of drug-likeness (QED) is 0.274. The lowest BCUT2D eigenvalue weighted by Gasteiger charge is -2.29. The Morgan fingerprint density at radius 2 is 1.70 bits per heavy atom. The van der Waals surface area contributed by atoms with Crippen LogP contribution in [-0.4, -0.2) is 41.7 Å². The number of aliphatic hydroxyl groups is 1. The van der Waals surface area contributed by atoms with Crippen molar-refractivity contribution in [2.75, 3.05) is 11.4 Å². The van der Waals surface area contributed by atoms with Gasteiger partial charge in [-0.05, 0) is 42.3 Å². The van der Waals surface area contributed by atoms with Gasteiger partial charge in [0.1, 0.15) is 5.75 Å². The summed E-state index contributed by atoms with van der Waals surface area (Å²) in [6.45, 7) is 2.96. The van der Waals surface area contributed by atoms with Gasteiger partial charge in [-0.2, -0.15) is 30.7 Å².